The first-order chi connectivity index (χ1) is 13.3. The quantitative estimate of drug-likeness (QED) is 0.620. The topological polar surface area (TPSA) is 28.6 Å². The molecule has 0 aliphatic carbocycles. The molecule has 1 aromatic heterocycles. The Morgan fingerprint density at radius 3 is 2.39 bits per heavy atom. The number of anilines is 2. The maximum absolute atomic E-state index is 6.17. The summed E-state index contributed by atoms with van der Waals surface area (Å²) in [7, 11) is 0. The molecule has 146 valence electrons. The van der Waals surface area contributed by atoms with Crippen LogP contribution in [0.4, 0.5) is 11.4 Å². The second-order valence-electron chi connectivity index (χ2n) is 6.94. The van der Waals surface area contributed by atoms with Crippen LogP contribution in [0.1, 0.15) is 12.5 Å². The van der Waals surface area contributed by atoms with E-state index in [9.17, 15) is 0 Å². The van der Waals surface area contributed by atoms with Crippen LogP contribution in [-0.4, -0.2) is 30.7 Å². The molecule has 1 aliphatic heterocycles. The Balaban J connectivity index is 0.00000225. The number of ether oxygens (including phenoxy) is 1. The fraction of sp³-hybridized carbons (Fsp3) is 0.261. The van der Waals surface area contributed by atoms with E-state index < -0.39 is 0 Å². The van der Waals surface area contributed by atoms with E-state index in [1.54, 1.807) is 0 Å². The van der Waals surface area contributed by atoms with Gasteiger partial charge in [-0.15, -0.1) is 12.4 Å². The Morgan fingerprint density at radius 2 is 1.64 bits per heavy atom. The van der Waals surface area contributed by atoms with Gasteiger partial charge in [0.2, 0.25) is 0 Å². The lowest BCUT2D eigenvalue weighted by Gasteiger charge is -2.42. The molecule has 0 amide bonds. The summed E-state index contributed by atoms with van der Waals surface area (Å²) in [6.07, 6.45) is 3.72. The summed E-state index contributed by atoms with van der Waals surface area (Å²) >= 11 is 0. The number of hydrogen-bond acceptors (Lipinski definition) is 4. The Kier molecular flexibility index (Phi) is 6.77. The minimum absolute atomic E-state index is 0. The van der Waals surface area contributed by atoms with E-state index in [1.807, 2.05) is 36.7 Å². The van der Waals surface area contributed by atoms with Crippen LogP contribution in [-0.2, 0) is 6.61 Å². The largest absolute Gasteiger partial charge is 0.487 e. The Bertz CT molecular complexity index is 860. The van der Waals surface area contributed by atoms with Crippen molar-refractivity contribution in [3.63, 3.8) is 0 Å². The highest BCUT2D eigenvalue weighted by molar-refractivity contribution is 5.85. The summed E-state index contributed by atoms with van der Waals surface area (Å²) in [5.74, 6) is 0.950. The van der Waals surface area contributed by atoms with E-state index in [1.165, 1.54) is 16.9 Å². The lowest BCUT2D eigenvalue weighted by Crippen LogP contribution is -2.52. The molecule has 0 N–H and O–H groups in total. The van der Waals surface area contributed by atoms with Crippen LogP contribution in [0.2, 0.25) is 0 Å². The van der Waals surface area contributed by atoms with Gasteiger partial charge in [0.05, 0.1) is 5.69 Å². The number of benzene rings is 2. The number of rotatable bonds is 5. The van der Waals surface area contributed by atoms with Gasteiger partial charge >= 0.3 is 0 Å². The van der Waals surface area contributed by atoms with E-state index in [4.69, 9.17) is 4.74 Å². The monoisotopic (exact) mass is 395 g/mol. The van der Waals surface area contributed by atoms with Gasteiger partial charge in [-0.25, -0.2) is 0 Å². The third-order valence-electron chi connectivity index (χ3n) is 5.07. The van der Waals surface area contributed by atoms with E-state index in [0.717, 1.165) is 25.4 Å². The first kappa shape index (κ1) is 20.0. The summed E-state index contributed by atoms with van der Waals surface area (Å²) in [5, 5.41) is 0. The lowest BCUT2D eigenvalue weighted by atomic mass is 10.1. The zero-order valence-electron chi connectivity index (χ0n) is 16.1. The zero-order chi connectivity index (χ0) is 18.5. The maximum atomic E-state index is 6.17. The number of nitrogens with zero attached hydrogens (tertiary/aromatic N) is 3. The summed E-state index contributed by atoms with van der Waals surface area (Å²) in [5.41, 5.74) is 3.60. The van der Waals surface area contributed by atoms with Crippen molar-refractivity contribution in [2.45, 2.75) is 19.6 Å². The molecule has 5 heteroatoms. The number of hydrogen-bond donors (Lipinski definition) is 0. The van der Waals surface area contributed by atoms with Gasteiger partial charge in [-0.1, -0.05) is 42.5 Å². The number of piperazine rings is 1. The normalized spacial score (nSPS) is 16.4. The molecule has 0 saturated carbocycles. The van der Waals surface area contributed by atoms with Gasteiger partial charge in [-0.3, -0.25) is 4.98 Å². The summed E-state index contributed by atoms with van der Waals surface area (Å²) < 4.78 is 6.17. The second kappa shape index (κ2) is 9.47. The van der Waals surface area contributed by atoms with Crippen LogP contribution in [0, 0.1) is 0 Å². The third kappa shape index (κ3) is 4.57. The van der Waals surface area contributed by atoms with Gasteiger partial charge in [-0.05, 0) is 36.8 Å². The van der Waals surface area contributed by atoms with Crippen LogP contribution in [0.3, 0.4) is 0 Å². The Morgan fingerprint density at radius 1 is 0.929 bits per heavy atom. The predicted molar refractivity (Wildman–Crippen MR) is 118 cm³/mol. The fourth-order valence-electron chi connectivity index (χ4n) is 3.66. The molecule has 0 spiro atoms. The highest BCUT2D eigenvalue weighted by Gasteiger charge is 2.26. The standard InChI is InChI=1S/C23H25N3O.ClH/c1-19-17-25(21-11-13-24-14-12-21)15-16-26(19)22-9-5-6-10-23(22)27-18-20-7-3-2-4-8-20;/h2-14,19H,15-18H2,1H3;1H. The highest BCUT2D eigenvalue weighted by atomic mass is 35.5. The van der Waals surface area contributed by atoms with Gasteiger partial charge < -0.3 is 14.5 Å². The molecule has 1 unspecified atom stereocenters. The van der Waals surface area contributed by atoms with Crippen molar-refractivity contribution in [3.05, 3.63) is 84.7 Å². The number of aromatic nitrogens is 1. The molecule has 0 bridgehead atoms. The summed E-state index contributed by atoms with van der Waals surface area (Å²) in [6, 6.07) is 23.2. The Labute approximate surface area is 173 Å². The smallest absolute Gasteiger partial charge is 0.143 e. The van der Waals surface area contributed by atoms with E-state index in [0.29, 0.717) is 12.6 Å². The molecule has 1 saturated heterocycles. The minimum Gasteiger partial charge on any atom is -0.487 e. The SMILES string of the molecule is CC1CN(c2ccncc2)CCN1c1ccccc1OCc1ccccc1.Cl. The van der Waals surface area contributed by atoms with Crippen molar-refractivity contribution in [2.24, 2.45) is 0 Å². The minimum atomic E-state index is 0. The molecule has 1 aliphatic rings. The molecule has 4 rings (SSSR count). The molecule has 4 nitrogen and oxygen atoms in total. The van der Waals surface area contributed by atoms with Crippen molar-refractivity contribution in [3.8, 4) is 5.75 Å². The summed E-state index contributed by atoms with van der Waals surface area (Å²) in [6.45, 7) is 5.80. The molecule has 28 heavy (non-hydrogen) atoms. The molecule has 2 aromatic carbocycles. The number of para-hydroxylation sites is 2. The van der Waals surface area contributed by atoms with Crippen LogP contribution >= 0.6 is 12.4 Å². The van der Waals surface area contributed by atoms with Crippen LogP contribution in [0.25, 0.3) is 0 Å². The molecule has 1 atom stereocenters. The number of pyridine rings is 1. The van der Waals surface area contributed by atoms with Gasteiger partial charge in [0, 0.05) is 43.8 Å². The van der Waals surface area contributed by atoms with Crippen molar-refractivity contribution in [2.75, 3.05) is 29.4 Å². The van der Waals surface area contributed by atoms with E-state index in [-0.39, 0.29) is 12.4 Å². The van der Waals surface area contributed by atoms with Gasteiger partial charge in [0.15, 0.2) is 0 Å². The van der Waals surface area contributed by atoms with Crippen LogP contribution in [0.5, 0.6) is 5.75 Å². The van der Waals surface area contributed by atoms with Crippen LogP contribution < -0.4 is 14.5 Å². The van der Waals surface area contributed by atoms with Crippen molar-refractivity contribution < 1.29 is 4.74 Å². The van der Waals surface area contributed by atoms with Crippen LogP contribution in [0.15, 0.2) is 79.1 Å². The zero-order valence-corrected chi connectivity index (χ0v) is 16.9. The second-order valence-corrected chi connectivity index (χ2v) is 6.94. The van der Waals surface area contributed by atoms with E-state index in [2.05, 4.69) is 64.2 Å². The summed E-state index contributed by atoms with van der Waals surface area (Å²) in [4.78, 5) is 9.01. The predicted octanol–water partition coefficient (Wildman–Crippen LogP) is 4.80. The first-order valence-corrected chi connectivity index (χ1v) is 9.48. The molecule has 2 heterocycles. The average Bonchev–Trinajstić information content (AvgIpc) is 2.74. The van der Waals surface area contributed by atoms with Gasteiger partial charge in [0.1, 0.15) is 12.4 Å². The van der Waals surface area contributed by atoms with Crippen molar-refractivity contribution in [1.29, 1.82) is 0 Å². The average molecular weight is 396 g/mol. The highest BCUT2D eigenvalue weighted by Crippen LogP contribution is 2.32. The fourth-order valence-corrected chi connectivity index (χ4v) is 3.66. The molecule has 1 fully saturated rings. The third-order valence-corrected chi connectivity index (χ3v) is 5.07. The molecule has 0 radical (unpaired) electrons. The van der Waals surface area contributed by atoms with E-state index >= 15 is 0 Å². The lowest BCUT2D eigenvalue weighted by molar-refractivity contribution is 0.305. The van der Waals surface area contributed by atoms with Gasteiger partial charge in [0.25, 0.3) is 0 Å². The maximum Gasteiger partial charge on any atom is 0.143 e. The molecule has 3 aromatic rings. The van der Waals surface area contributed by atoms with Gasteiger partial charge in [-0.2, -0.15) is 0 Å². The van der Waals surface area contributed by atoms with Crippen molar-refractivity contribution >= 4 is 23.8 Å². The molecular formula is C23H26ClN3O. The molecular weight excluding hydrogens is 370 g/mol. The Hall–Kier alpha value is -2.72. The van der Waals surface area contributed by atoms with Crippen molar-refractivity contribution in [1.82, 2.24) is 4.98 Å². The first-order valence-electron chi connectivity index (χ1n) is 9.48. The number of halogens is 1.